The van der Waals surface area contributed by atoms with Crippen LogP contribution in [0.3, 0.4) is 0 Å². The largest absolute Gasteiger partial charge is 0.381 e. The number of nitrogens with one attached hydrogen (secondary N) is 1. The van der Waals surface area contributed by atoms with Gasteiger partial charge in [0.15, 0.2) is 0 Å². The smallest absolute Gasteiger partial charge is 0.242 e. The highest BCUT2D eigenvalue weighted by Crippen LogP contribution is 2.32. The lowest BCUT2D eigenvalue weighted by Crippen LogP contribution is -2.53. The number of benzene rings is 1. The van der Waals surface area contributed by atoms with E-state index in [0.717, 1.165) is 24.5 Å². The van der Waals surface area contributed by atoms with Gasteiger partial charge in [-0.25, -0.2) is 0 Å². The van der Waals surface area contributed by atoms with Gasteiger partial charge >= 0.3 is 0 Å². The lowest BCUT2D eigenvalue weighted by atomic mass is 9.86. The molecule has 2 rings (SSSR count). The molecule has 4 nitrogen and oxygen atoms in total. The summed E-state index contributed by atoms with van der Waals surface area (Å²) in [7, 11) is 0. The Morgan fingerprint density at radius 3 is 2.62 bits per heavy atom. The zero-order valence-corrected chi connectivity index (χ0v) is 12.8. The van der Waals surface area contributed by atoms with Crippen molar-refractivity contribution in [1.29, 1.82) is 0 Å². The van der Waals surface area contributed by atoms with Crippen molar-refractivity contribution in [3.05, 3.63) is 35.9 Å². The van der Waals surface area contributed by atoms with Crippen molar-refractivity contribution in [2.24, 2.45) is 11.7 Å². The molecule has 1 atom stereocenters. The summed E-state index contributed by atoms with van der Waals surface area (Å²) < 4.78 is 5.71. The Morgan fingerprint density at radius 2 is 2.05 bits per heavy atom. The molecule has 0 saturated heterocycles. The molecule has 116 valence electrons. The number of primary amides is 1. The average Bonchev–Trinajstić information content (AvgIpc) is 3.30. The van der Waals surface area contributed by atoms with Crippen LogP contribution in [0.25, 0.3) is 0 Å². The average molecular weight is 290 g/mol. The number of hydrogen-bond acceptors (Lipinski definition) is 3. The number of likely N-dealkylation sites (N-methyl/N-ethyl adjacent to an activating group) is 1. The van der Waals surface area contributed by atoms with Gasteiger partial charge in [0.1, 0.15) is 5.54 Å². The maximum Gasteiger partial charge on any atom is 0.242 e. The number of amides is 1. The van der Waals surface area contributed by atoms with Crippen molar-refractivity contribution >= 4 is 5.91 Å². The highest BCUT2D eigenvalue weighted by Gasteiger charge is 2.37. The van der Waals surface area contributed by atoms with Gasteiger partial charge in [0, 0.05) is 19.6 Å². The van der Waals surface area contributed by atoms with E-state index in [0.29, 0.717) is 19.6 Å². The summed E-state index contributed by atoms with van der Waals surface area (Å²) in [6.07, 6.45) is 4.38. The van der Waals surface area contributed by atoms with Crippen LogP contribution in [0.5, 0.6) is 0 Å². The molecule has 1 aliphatic rings. The molecule has 1 aromatic rings. The molecule has 4 heteroatoms. The van der Waals surface area contributed by atoms with Crippen molar-refractivity contribution < 1.29 is 9.53 Å². The van der Waals surface area contributed by atoms with Gasteiger partial charge in [-0.3, -0.25) is 10.1 Å². The number of carbonyl (C=O) groups excluding carboxylic acids is 1. The van der Waals surface area contributed by atoms with Crippen LogP contribution >= 0.6 is 0 Å². The second kappa shape index (κ2) is 7.57. The first-order chi connectivity index (χ1) is 10.2. The monoisotopic (exact) mass is 290 g/mol. The molecular formula is C17H26N2O2. The van der Waals surface area contributed by atoms with Crippen LogP contribution < -0.4 is 11.1 Å². The van der Waals surface area contributed by atoms with Crippen LogP contribution in [0.4, 0.5) is 0 Å². The first kappa shape index (κ1) is 16.0. The molecule has 1 unspecified atom stereocenters. The predicted octanol–water partition coefficient (Wildman–Crippen LogP) is 2.18. The maximum atomic E-state index is 12.1. The van der Waals surface area contributed by atoms with Crippen molar-refractivity contribution in [3.8, 4) is 0 Å². The standard InChI is InChI=1S/C17H26N2O2/c1-2-19-17(16(18)20,15-6-4-3-5-7-15)11-13-21-12-10-14-8-9-14/h3-7,14,19H,2,8-13H2,1H3,(H2,18,20). The van der Waals surface area contributed by atoms with Crippen LogP contribution in [0.2, 0.25) is 0 Å². The van der Waals surface area contributed by atoms with Crippen LogP contribution in [-0.2, 0) is 15.1 Å². The number of ether oxygens (including phenoxy) is 1. The van der Waals surface area contributed by atoms with Crippen molar-refractivity contribution in [2.45, 2.75) is 38.1 Å². The first-order valence-corrected chi connectivity index (χ1v) is 7.87. The topological polar surface area (TPSA) is 64.3 Å². The molecule has 1 aromatic carbocycles. The van der Waals surface area contributed by atoms with E-state index in [2.05, 4.69) is 5.32 Å². The highest BCUT2D eigenvalue weighted by atomic mass is 16.5. The highest BCUT2D eigenvalue weighted by molar-refractivity contribution is 5.86. The zero-order valence-electron chi connectivity index (χ0n) is 12.8. The van der Waals surface area contributed by atoms with Gasteiger partial charge in [-0.05, 0) is 24.4 Å². The molecule has 1 fully saturated rings. The fourth-order valence-electron chi connectivity index (χ4n) is 2.70. The van der Waals surface area contributed by atoms with E-state index in [4.69, 9.17) is 10.5 Å². The summed E-state index contributed by atoms with van der Waals surface area (Å²) >= 11 is 0. The molecule has 21 heavy (non-hydrogen) atoms. The molecule has 1 amide bonds. The fourth-order valence-corrected chi connectivity index (χ4v) is 2.70. The predicted molar refractivity (Wildman–Crippen MR) is 83.8 cm³/mol. The van der Waals surface area contributed by atoms with E-state index in [9.17, 15) is 4.79 Å². The molecule has 0 heterocycles. The van der Waals surface area contributed by atoms with Gasteiger partial charge in [-0.15, -0.1) is 0 Å². The number of rotatable bonds is 10. The third-order valence-electron chi connectivity index (χ3n) is 4.15. The summed E-state index contributed by atoms with van der Waals surface area (Å²) in [5.41, 5.74) is 5.78. The van der Waals surface area contributed by atoms with Crippen LogP contribution in [0, 0.1) is 5.92 Å². The normalized spacial score (nSPS) is 17.4. The quantitative estimate of drug-likeness (QED) is 0.649. The summed E-state index contributed by atoms with van der Waals surface area (Å²) in [6, 6.07) is 9.68. The van der Waals surface area contributed by atoms with E-state index >= 15 is 0 Å². The van der Waals surface area contributed by atoms with E-state index in [-0.39, 0.29) is 5.91 Å². The minimum atomic E-state index is -0.838. The van der Waals surface area contributed by atoms with E-state index in [1.807, 2.05) is 37.3 Å². The Bertz CT molecular complexity index is 445. The van der Waals surface area contributed by atoms with Crippen LogP contribution in [0.15, 0.2) is 30.3 Å². The summed E-state index contributed by atoms with van der Waals surface area (Å²) in [5.74, 6) is 0.523. The summed E-state index contributed by atoms with van der Waals surface area (Å²) in [5, 5.41) is 3.27. The van der Waals surface area contributed by atoms with Crippen LogP contribution in [-0.4, -0.2) is 25.7 Å². The van der Waals surface area contributed by atoms with Crippen molar-refractivity contribution in [2.75, 3.05) is 19.8 Å². The van der Waals surface area contributed by atoms with Gasteiger partial charge in [0.2, 0.25) is 5.91 Å². The van der Waals surface area contributed by atoms with Crippen molar-refractivity contribution in [3.63, 3.8) is 0 Å². The third kappa shape index (κ3) is 4.29. The molecular weight excluding hydrogens is 264 g/mol. The van der Waals surface area contributed by atoms with E-state index < -0.39 is 5.54 Å². The van der Waals surface area contributed by atoms with Gasteiger partial charge in [-0.1, -0.05) is 50.1 Å². The SMILES string of the molecule is CCNC(CCOCCC1CC1)(C(N)=O)c1ccccc1. The Morgan fingerprint density at radius 1 is 1.33 bits per heavy atom. The Kier molecular flexibility index (Phi) is 5.76. The van der Waals surface area contributed by atoms with Gasteiger partial charge in [0.25, 0.3) is 0 Å². The van der Waals surface area contributed by atoms with Crippen molar-refractivity contribution in [1.82, 2.24) is 5.32 Å². The summed E-state index contributed by atoms with van der Waals surface area (Å²) in [4.78, 5) is 12.1. The second-order valence-electron chi connectivity index (χ2n) is 5.76. The summed E-state index contributed by atoms with van der Waals surface area (Å²) in [6.45, 7) is 3.98. The second-order valence-corrected chi connectivity index (χ2v) is 5.76. The fraction of sp³-hybridized carbons (Fsp3) is 0.588. The molecule has 1 saturated carbocycles. The third-order valence-corrected chi connectivity index (χ3v) is 4.15. The molecule has 0 aliphatic heterocycles. The Labute approximate surface area is 127 Å². The molecule has 0 radical (unpaired) electrons. The molecule has 1 aliphatic carbocycles. The van der Waals surface area contributed by atoms with Crippen LogP contribution in [0.1, 0.15) is 38.2 Å². The molecule has 0 aromatic heterocycles. The first-order valence-electron chi connectivity index (χ1n) is 7.87. The van der Waals surface area contributed by atoms with Gasteiger partial charge in [0.05, 0.1) is 0 Å². The Balaban J connectivity index is 1.98. The van der Waals surface area contributed by atoms with E-state index in [1.54, 1.807) is 0 Å². The minimum absolute atomic E-state index is 0.346. The van der Waals surface area contributed by atoms with Gasteiger partial charge < -0.3 is 10.5 Å². The lowest BCUT2D eigenvalue weighted by molar-refractivity contribution is -0.125. The maximum absolute atomic E-state index is 12.1. The lowest BCUT2D eigenvalue weighted by Gasteiger charge is -2.32. The molecule has 0 bridgehead atoms. The minimum Gasteiger partial charge on any atom is -0.381 e. The number of carbonyl (C=O) groups is 1. The number of nitrogens with two attached hydrogens (primary N) is 1. The van der Waals surface area contributed by atoms with Gasteiger partial charge in [-0.2, -0.15) is 0 Å². The molecule has 0 spiro atoms. The zero-order chi connectivity index (χ0) is 15.1. The number of hydrogen-bond donors (Lipinski definition) is 2. The Hall–Kier alpha value is -1.39. The van der Waals surface area contributed by atoms with E-state index in [1.165, 1.54) is 12.8 Å². The molecule has 3 N–H and O–H groups in total.